The monoisotopic (exact) mass is 419 g/mol. The summed E-state index contributed by atoms with van der Waals surface area (Å²) < 4.78 is 19.2. The van der Waals surface area contributed by atoms with Crippen molar-refractivity contribution in [2.75, 3.05) is 5.32 Å². The molecular formula is C24H22FN3O3. The van der Waals surface area contributed by atoms with Crippen molar-refractivity contribution >= 4 is 23.7 Å². The molecule has 158 valence electrons. The standard InChI is InChI=1S/C24H22FN3O3/c1-16-11-17(2)13-20(12-16)27-23(29)24(30)28-26-14-18-7-9-21(10-8-18)31-15-19-5-3-4-6-22(19)25/h3-14H,15H2,1-2H3,(H,27,29)(H,28,30)/b26-14+. The summed E-state index contributed by atoms with van der Waals surface area (Å²) in [5, 5.41) is 6.34. The second-order valence-electron chi connectivity index (χ2n) is 6.98. The Hall–Kier alpha value is -4.00. The van der Waals surface area contributed by atoms with Gasteiger partial charge < -0.3 is 10.1 Å². The lowest BCUT2D eigenvalue weighted by Crippen LogP contribution is -2.32. The number of nitrogens with zero attached hydrogens (tertiary/aromatic N) is 1. The lowest BCUT2D eigenvalue weighted by Gasteiger charge is -2.07. The number of aryl methyl sites for hydroxylation is 2. The quantitative estimate of drug-likeness (QED) is 0.359. The van der Waals surface area contributed by atoms with Crippen LogP contribution < -0.4 is 15.5 Å². The van der Waals surface area contributed by atoms with Crippen LogP contribution in [0.15, 0.2) is 71.8 Å². The maximum Gasteiger partial charge on any atom is 0.329 e. The summed E-state index contributed by atoms with van der Waals surface area (Å²) >= 11 is 0. The number of hydrazone groups is 1. The molecule has 0 aromatic heterocycles. The maximum absolute atomic E-state index is 13.6. The van der Waals surface area contributed by atoms with Crippen molar-refractivity contribution in [2.45, 2.75) is 20.5 Å². The molecule has 2 amide bonds. The van der Waals surface area contributed by atoms with Gasteiger partial charge in [-0.2, -0.15) is 5.10 Å². The Balaban J connectivity index is 1.49. The summed E-state index contributed by atoms with van der Waals surface area (Å²) in [6.45, 7) is 3.93. The van der Waals surface area contributed by atoms with E-state index in [1.165, 1.54) is 12.3 Å². The molecule has 2 N–H and O–H groups in total. The largest absolute Gasteiger partial charge is 0.489 e. The van der Waals surface area contributed by atoms with Gasteiger partial charge in [0, 0.05) is 11.3 Å². The minimum atomic E-state index is -0.875. The van der Waals surface area contributed by atoms with Crippen LogP contribution in [-0.2, 0) is 16.2 Å². The van der Waals surface area contributed by atoms with E-state index in [4.69, 9.17) is 4.74 Å². The van der Waals surface area contributed by atoms with Gasteiger partial charge in [-0.05, 0) is 73.0 Å². The van der Waals surface area contributed by atoms with E-state index in [0.29, 0.717) is 22.6 Å². The molecule has 0 saturated heterocycles. The van der Waals surface area contributed by atoms with Crippen molar-refractivity contribution < 1.29 is 18.7 Å². The average Bonchev–Trinajstić information content (AvgIpc) is 2.73. The number of rotatable bonds is 6. The fourth-order valence-corrected chi connectivity index (χ4v) is 2.88. The van der Waals surface area contributed by atoms with E-state index >= 15 is 0 Å². The van der Waals surface area contributed by atoms with E-state index < -0.39 is 11.8 Å². The predicted molar refractivity (Wildman–Crippen MR) is 117 cm³/mol. The molecule has 0 unspecified atom stereocenters. The number of halogens is 1. The number of amides is 2. The highest BCUT2D eigenvalue weighted by molar-refractivity contribution is 6.39. The third-order valence-electron chi connectivity index (χ3n) is 4.30. The Morgan fingerprint density at radius 1 is 0.968 bits per heavy atom. The lowest BCUT2D eigenvalue weighted by molar-refractivity contribution is -0.136. The molecule has 3 rings (SSSR count). The van der Waals surface area contributed by atoms with Gasteiger partial charge in [-0.15, -0.1) is 0 Å². The number of anilines is 1. The first-order chi connectivity index (χ1) is 14.9. The van der Waals surface area contributed by atoms with Crippen LogP contribution in [-0.4, -0.2) is 18.0 Å². The molecule has 6 nitrogen and oxygen atoms in total. The zero-order chi connectivity index (χ0) is 22.2. The van der Waals surface area contributed by atoms with Gasteiger partial charge in [-0.1, -0.05) is 24.3 Å². The fraction of sp³-hybridized carbons (Fsp3) is 0.125. The molecule has 3 aromatic carbocycles. The summed E-state index contributed by atoms with van der Waals surface area (Å²) in [7, 11) is 0. The van der Waals surface area contributed by atoms with Crippen LogP contribution in [0.5, 0.6) is 5.75 Å². The van der Waals surface area contributed by atoms with Crippen LogP contribution >= 0.6 is 0 Å². The summed E-state index contributed by atoms with van der Waals surface area (Å²) in [6.07, 6.45) is 1.41. The Kier molecular flexibility index (Phi) is 7.11. The van der Waals surface area contributed by atoms with E-state index in [1.54, 1.807) is 54.6 Å². The second-order valence-corrected chi connectivity index (χ2v) is 6.98. The Morgan fingerprint density at radius 3 is 2.32 bits per heavy atom. The first-order valence-corrected chi connectivity index (χ1v) is 9.59. The van der Waals surface area contributed by atoms with Crippen LogP contribution in [0.1, 0.15) is 22.3 Å². The zero-order valence-electron chi connectivity index (χ0n) is 17.2. The number of carbonyl (C=O) groups is 2. The van der Waals surface area contributed by atoms with Gasteiger partial charge in [-0.3, -0.25) is 9.59 Å². The van der Waals surface area contributed by atoms with Gasteiger partial charge in [0.05, 0.1) is 6.21 Å². The fourth-order valence-electron chi connectivity index (χ4n) is 2.88. The third-order valence-corrected chi connectivity index (χ3v) is 4.30. The Labute approximate surface area is 179 Å². The summed E-state index contributed by atoms with van der Waals surface area (Å²) in [5.74, 6) is -1.43. The van der Waals surface area contributed by atoms with E-state index in [1.807, 2.05) is 19.9 Å². The van der Waals surface area contributed by atoms with Crippen molar-refractivity contribution in [1.82, 2.24) is 5.43 Å². The van der Waals surface area contributed by atoms with Gasteiger partial charge in [-0.25, -0.2) is 9.82 Å². The van der Waals surface area contributed by atoms with Crippen molar-refractivity contribution in [3.8, 4) is 5.75 Å². The molecule has 0 fully saturated rings. The molecule has 0 saturated carbocycles. The number of ether oxygens (including phenoxy) is 1. The van der Waals surface area contributed by atoms with Gasteiger partial charge >= 0.3 is 11.8 Å². The third kappa shape index (κ3) is 6.50. The molecule has 0 radical (unpaired) electrons. The highest BCUT2D eigenvalue weighted by Crippen LogP contribution is 2.15. The van der Waals surface area contributed by atoms with Crippen molar-refractivity contribution in [3.05, 3.63) is 94.8 Å². The van der Waals surface area contributed by atoms with Gasteiger partial charge in [0.15, 0.2) is 0 Å². The van der Waals surface area contributed by atoms with Gasteiger partial charge in [0.2, 0.25) is 0 Å². The SMILES string of the molecule is Cc1cc(C)cc(NC(=O)C(=O)N/N=C/c2ccc(OCc3ccccc3F)cc2)c1. The van der Waals surface area contributed by atoms with Crippen molar-refractivity contribution in [2.24, 2.45) is 5.10 Å². The van der Waals surface area contributed by atoms with E-state index in [0.717, 1.165) is 11.1 Å². The lowest BCUT2D eigenvalue weighted by atomic mass is 10.1. The minimum Gasteiger partial charge on any atom is -0.489 e. The molecule has 0 spiro atoms. The minimum absolute atomic E-state index is 0.117. The molecule has 0 bridgehead atoms. The highest BCUT2D eigenvalue weighted by atomic mass is 19.1. The first-order valence-electron chi connectivity index (χ1n) is 9.59. The number of carbonyl (C=O) groups excluding carboxylic acids is 2. The smallest absolute Gasteiger partial charge is 0.329 e. The number of nitrogens with one attached hydrogen (secondary N) is 2. The van der Waals surface area contributed by atoms with Crippen LogP contribution in [0.25, 0.3) is 0 Å². The first kappa shape index (κ1) is 21.7. The van der Waals surface area contributed by atoms with E-state index in [2.05, 4.69) is 15.8 Å². The normalized spacial score (nSPS) is 10.7. The highest BCUT2D eigenvalue weighted by Gasteiger charge is 2.13. The summed E-state index contributed by atoms with van der Waals surface area (Å²) in [5.41, 5.74) is 5.86. The van der Waals surface area contributed by atoms with Crippen LogP contribution in [0.3, 0.4) is 0 Å². The van der Waals surface area contributed by atoms with Gasteiger partial charge in [0.1, 0.15) is 18.2 Å². The average molecular weight is 419 g/mol. The molecule has 0 heterocycles. The van der Waals surface area contributed by atoms with E-state index in [-0.39, 0.29) is 12.4 Å². The molecule has 0 aliphatic heterocycles. The van der Waals surface area contributed by atoms with Gasteiger partial charge in [0.25, 0.3) is 0 Å². The topological polar surface area (TPSA) is 79.8 Å². The maximum atomic E-state index is 13.6. The van der Waals surface area contributed by atoms with Crippen LogP contribution in [0.2, 0.25) is 0 Å². The Morgan fingerprint density at radius 2 is 1.65 bits per heavy atom. The molecular weight excluding hydrogens is 397 g/mol. The number of hydrogen-bond acceptors (Lipinski definition) is 4. The van der Waals surface area contributed by atoms with E-state index in [9.17, 15) is 14.0 Å². The number of hydrogen-bond donors (Lipinski definition) is 2. The van der Waals surface area contributed by atoms with Crippen molar-refractivity contribution in [3.63, 3.8) is 0 Å². The van der Waals surface area contributed by atoms with Crippen LogP contribution in [0, 0.1) is 19.7 Å². The molecule has 0 aliphatic rings. The molecule has 31 heavy (non-hydrogen) atoms. The number of benzene rings is 3. The molecule has 0 aliphatic carbocycles. The summed E-state index contributed by atoms with van der Waals surface area (Å²) in [6, 6.07) is 18.8. The Bertz CT molecular complexity index is 1090. The summed E-state index contributed by atoms with van der Waals surface area (Å²) in [4.78, 5) is 23.9. The zero-order valence-corrected chi connectivity index (χ0v) is 17.2. The molecule has 7 heteroatoms. The van der Waals surface area contributed by atoms with Crippen molar-refractivity contribution in [1.29, 1.82) is 0 Å². The molecule has 3 aromatic rings. The second kappa shape index (κ2) is 10.2. The predicted octanol–water partition coefficient (Wildman–Crippen LogP) is 4.11. The molecule has 0 atom stereocenters. The van der Waals surface area contributed by atoms with Crippen LogP contribution in [0.4, 0.5) is 10.1 Å².